The molecule has 0 atom stereocenters. The van der Waals surface area contributed by atoms with Gasteiger partial charge in [-0.15, -0.1) is 0 Å². The number of halogens is 1. The van der Waals surface area contributed by atoms with E-state index in [9.17, 15) is 0 Å². The average Bonchev–Trinajstić information content (AvgIpc) is 2.80. The summed E-state index contributed by atoms with van der Waals surface area (Å²) in [5, 5.41) is 13.8. The molecule has 0 fully saturated rings. The fraction of sp³-hybridized carbons (Fsp3) is 0.167. The van der Waals surface area contributed by atoms with E-state index in [0.717, 1.165) is 28.0 Å². The Bertz CT molecular complexity index is 1150. The van der Waals surface area contributed by atoms with Gasteiger partial charge in [-0.3, -0.25) is 9.97 Å². The van der Waals surface area contributed by atoms with Crippen LogP contribution in [0.5, 0.6) is 11.5 Å². The van der Waals surface area contributed by atoms with Gasteiger partial charge in [0.05, 0.1) is 33.9 Å². The molecule has 0 radical (unpaired) electrons. The third-order valence-electron chi connectivity index (χ3n) is 4.60. The van der Waals surface area contributed by atoms with Gasteiger partial charge in [-0.2, -0.15) is 0 Å². The van der Waals surface area contributed by atoms with Crippen LogP contribution >= 0.6 is 11.6 Å². The maximum Gasteiger partial charge on any atom is 0.138 e. The lowest BCUT2D eigenvalue weighted by molar-refractivity contribution is 0.235. The Morgan fingerprint density at radius 3 is 2.65 bits per heavy atom. The monoisotopic (exact) mass is 435 g/mol. The molecule has 0 aliphatic heterocycles. The molecule has 31 heavy (non-hydrogen) atoms. The van der Waals surface area contributed by atoms with Crippen LogP contribution in [0.3, 0.4) is 0 Å². The molecule has 0 saturated carbocycles. The SMILES string of the molecule is OCCCOc1cccc2nccc(Nc3ccc(OCc4ccccn4)c(Cl)c3)c12. The number of benzene rings is 2. The van der Waals surface area contributed by atoms with E-state index in [1.54, 1.807) is 12.4 Å². The van der Waals surface area contributed by atoms with Crippen LogP contribution in [0.4, 0.5) is 11.4 Å². The van der Waals surface area contributed by atoms with Gasteiger partial charge >= 0.3 is 0 Å². The van der Waals surface area contributed by atoms with Crippen LogP contribution in [0.25, 0.3) is 10.9 Å². The minimum absolute atomic E-state index is 0.0847. The lowest BCUT2D eigenvalue weighted by Crippen LogP contribution is -2.02. The molecule has 0 saturated heterocycles. The van der Waals surface area contributed by atoms with Crippen molar-refractivity contribution in [1.29, 1.82) is 0 Å². The summed E-state index contributed by atoms with van der Waals surface area (Å²) in [4.78, 5) is 8.68. The maximum absolute atomic E-state index is 9.03. The number of anilines is 2. The van der Waals surface area contributed by atoms with Gasteiger partial charge in [-0.25, -0.2) is 0 Å². The summed E-state index contributed by atoms with van der Waals surface area (Å²) in [7, 11) is 0. The van der Waals surface area contributed by atoms with Gasteiger partial charge in [0.25, 0.3) is 0 Å². The van der Waals surface area contributed by atoms with Gasteiger partial charge in [0.2, 0.25) is 0 Å². The van der Waals surface area contributed by atoms with Crippen molar-refractivity contribution in [2.45, 2.75) is 13.0 Å². The molecule has 2 aromatic carbocycles. The fourth-order valence-electron chi connectivity index (χ4n) is 3.13. The van der Waals surface area contributed by atoms with E-state index in [1.165, 1.54) is 0 Å². The molecule has 0 aliphatic rings. The number of hydrogen-bond donors (Lipinski definition) is 2. The lowest BCUT2D eigenvalue weighted by atomic mass is 10.1. The van der Waals surface area contributed by atoms with Crippen molar-refractivity contribution in [3.8, 4) is 11.5 Å². The first-order chi connectivity index (χ1) is 15.2. The Balaban J connectivity index is 1.54. The van der Waals surface area contributed by atoms with Gasteiger partial charge in [0.15, 0.2) is 0 Å². The molecule has 4 rings (SSSR count). The first kappa shape index (κ1) is 20.9. The highest BCUT2D eigenvalue weighted by molar-refractivity contribution is 6.32. The molecular weight excluding hydrogens is 414 g/mol. The average molecular weight is 436 g/mol. The van der Waals surface area contributed by atoms with Crippen LogP contribution < -0.4 is 14.8 Å². The summed E-state index contributed by atoms with van der Waals surface area (Å²) in [5.41, 5.74) is 3.31. The van der Waals surface area contributed by atoms with Crippen molar-refractivity contribution < 1.29 is 14.6 Å². The second kappa shape index (κ2) is 10.1. The van der Waals surface area contributed by atoms with Gasteiger partial charge in [-0.1, -0.05) is 23.7 Å². The number of aliphatic hydroxyl groups is 1. The summed E-state index contributed by atoms with van der Waals surface area (Å²) in [5.74, 6) is 1.30. The summed E-state index contributed by atoms with van der Waals surface area (Å²) in [6, 6.07) is 18.9. The first-order valence-corrected chi connectivity index (χ1v) is 10.3. The quantitative estimate of drug-likeness (QED) is 0.344. The normalized spacial score (nSPS) is 10.8. The van der Waals surface area contributed by atoms with Crippen LogP contribution in [-0.2, 0) is 6.61 Å². The Morgan fingerprint density at radius 1 is 0.903 bits per heavy atom. The number of fused-ring (bicyclic) bond motifs is 1. The maximum atomic E-state index is 9.03. The Morgan fingerprint density at radius 2 is 1.84 bits per heavy atom. The van der Waals surface area contributed by atoms with Gasteiger partial charge in [0, 0.05) is 31.1 Å². The second-order valence-corrected chi connectivity index (χ2v) is 7.22. The molecule has 0 unspecified atom stereocenters. The molecule has 2 heterocycles. The molecule has 4 aromatic rings. The van der Waals surface area contributed by atoms with Crippen molar-refractivity contribution >= 4 is 33.9 Å². The van der Waals surface area contributed by atoms with Gasteiger partial charge in [-0.05, 0) is 48.5 Å². The predicted octanol–water partition coefficient (Wildman–Crippen LogP) is 5.37. The molecule has 0 amide bonds. The highest BCUT2D eigenvalue weighted by atomic mass is 35.5. The summed E-state index contributed by atoms with van der Waals surface area (Å²) >= 11 is 6.45. The zero-order valence-corrected chi connectivity index (χ0v) is 17.5. The van der Waals surface area contributed by atoms with E-state index >= 15 is 0 Å². The van der Waals surface area contributed by atoms with Crippen LogP contribution in [0.15, 0.2) is 73.1 Å². The molecule has 2 aromatic heterocycles. The Hall–Kier alpha value is -3.35. The summed E-state index contributed by atoms with van der Waals surface area (Å²) in [6.07, 6.45) is 4.04. The van der Waals surface area contributed by atoms with E-state index in [2.05, 4.69) is 15.3 Å². The zero-order valence-electron chi connectivity index (χ0n) is 16.8. The summed E-state index contributed by atoms with van der Waals surface area (Å²) < 4.78 is 11.7. The number of rotatable bonds is 9. The number of hydrogen-bond acceptors (Lipinski definition) is 6. The molecule has 158 valence electrons. The number of pyridine rings is 2. The van der Waals surface area contributed by atoms with Crippen molar-refractivity contribution in [2.24, 2.45) is 0 Å². The highest BCUT2D eigenvalue weighted by Gasteiger charge is 2.10. The lowest BCUT2D eigenvalue weighted by Gasteiger charge is -2.15. The third kappa shape index (κ3) is 5.23. The van der Waals surface area contributed by atoms with Crippen LogP contribution in [-0.4, -0.2) is 28.3 Å². The van der Waals surface area contributed by atoms with Crippen molar-refractivity contribution in [3.05, 3.63) is 83.8 Å². The fourth-order valence-corrected chi connectivity index (χ4v) is 3.37. The smallest absolute Gasteiger partial charge is 0.138 e. The van der Waals surface area contributed by atoms with E-state index < -0.39 is 0 Å². The number of nitrogens with zero attached hydrogens (tertiary/aromatic N) is 2. The number of nitrogens with one attached hydrogen (secondary N) is 1. The zero-order chi connectivity index (χ0) is 21.5. The third-order valence-corrected chi connectivity index (χ3v) is 4.90. The molecule has 0 bridgehead atoms. The molecule has 0 spiro atoms. The molecular formula is C24H22ClN3O3. The topological polar surface area (TPSA) is 76.5 Å². The van der Waals surface area contributed by atoms with Crippen LogP contribution in [0, 0.1) is 0 Å². The Kier molecular flexibility index (Phi) is 6.82. The van der Waals surface area contributed by atoms with Crippen LogP contribution in [0.1, 0.15) is 12.1 Å². The van der Waals surface area contributed by atoms with E-state index in [0.29, 0.717) is 36.2 Å². The minimum atomic E-state index is 0.0847. The largest absolute Gasteiger partial charge is 0.493 e. The van der Waals surface area contributed by atoms with E-state index in [4.69, 9.17) is 26.2 Å². The number of ether oxygens (including phenoxy) is 2. The molecule has 6 nitrogen and oxygen atoms in total. The van der Waals surface area contributed by atoms with Gasteiger partial charge < -0.3 is 19.9 Å². The number of aromatic nitrogens is 2. The molecule has 0 aliphatic carbocycles. The van der Waals surface area contributed by atoms with Crippen molar-refractivity contribution in [2.75, 3.05) is 18.5 Å². The highest BCUT2D eigenvalue weighted by Crippen LogP contribution is 2.35. The summed E-state index contributed by atoms with van der Waals surface area (Å²) in [6.45, 7) is 0.857. The Labute approximate surface area is 185 Å². The van der Waals surface area contributed by atoms with Crippen molar-refractivity contribution in [1.82, 2.24) is 9.97 Å². The number of aliphatic hydroxyl groups excluding tert-OH is 1. The predicted molar refractivity (Wildman–Crippen MR) is 122 cm³/mol. The molecule has 7 heteroatoms. The molecule has 2 N–H and O–H groups in total. The van der Waals surface area contributed by atoms with Crippen LogP contribution in [0.2, 0.25) is 5.02 Å². The standard InChI is InChI=1S/C24H22ClN3O3/c25-19-15-17(8-9-22(19)31-16-18-5-1-2-11-26-18)28-21-10-12-27-20-6-3-7-23(24(20)21)30-14-4-13-29/h1-3,5-12,15,29H,4,13-14,16H2,(H,27,28). The minimum Gasteiger partial charge on any atom is -0.493 e. The second-order valence-electron chi connectivity index (χ2n) is 6.81. The van der Waals surface area contributed by atoms with Crippen molar-refractivity contribution in [3.63, 3.8) is 0 Å². The van der Waals surface area contributed by atoms with E-state index in [-0.39, 0.29) is 6.61 Å². The van der Waals surface area contributed by atoms with E-state index in [1.807, 2.05) is 60.7 Å². The van der Waals surface area contributed by atoms with Gasteiger partial charge in [0.1, 0.15) is 18.1 Å². The first-order valence-electron chi connectivity index (χ1n) is 9.95.